The number of hydrogen-bond acceptors (Lipinski definition) is 3. The SMILES string of the molecule is Cc1nn(C(=O)c2ccc(NC(=O)C(C)C)cc2)c(C)c1C(C)C. The van der Waals surface area contributed by atoms with Crippen molar-refractivity contribution < 1.29 is 9.59 Å². The third-order valence-corrected chi connectivity index (χ3v) is 4.04. The zero-order chi connectivity index (χ0) is 18.0. The van der Waals surface area contributed by atoms with Crippen LogP contribution in [0.2, 0.25) is 0 Å². The Balaban J connectivity index is 2.25. The van der Waals surface area contributed by atoms with E-state index in [-0.39, 0.29) is 17.7 Å². The summed E-state index contributed by atoms with van der Waals surface area (Å²) >= 11 is 0. The van der Waals surface area contributed by atoms with Crippen LogP contribution in [0.3, 0.4) is 0 Å². The molecule has 5 nitrogen and oxygen atoms in total. The molecule has 0 bridgehead atoms. The highest BCUT2D eigenvalue weighted by atomic mass is 16.2. The number of nitrogens with one attached hydrogen (secondary N) is 1. The lowest BCUT2D eigenvalue weighted by atomic mass is 10.0. The van der Waals surface area contributed by atoms with Crippen LogP contribution in [0.4, 0.5) is 5.69 Å². The fraction of sp³-hybridized carbons (Fsp3) is 0.421. The van der Waals surface area contributed by atoms with Crippen molar-refractivity contribution >= 4 is 17.5 Å². The predicted molar refractivity (Wildman–Crippen MR) is 95.4 cm³/mol. The van der Waals surface area contributed by atoms with Gasteiger partial charge in [0.2, 0.25) is 5.91 Å². The number of rotatable bonds is 4. The predicted octanol–water partition coefficient (Wildman–Crippen LogP) is 3.91. The molecule has 0 aliphatic rings. The van der Waals surface area contributed by atoms with Gasteiger partial charge in [0.15, 0.2) is 0 Å². The van der Waals surface area contributed by atoms with Gasteiger partial charge >= 0.3 is 0 Å². The average molecular weight is 327 g/mol. The van der Waals surface area contributed by atoms with Crippen LogP contribution in [-0.2, 0) is 4.79 Å². The van der Waals surface area contributed by atoms with Gasteiger partial charge in [0.05, 0.1) is 5.69 Å². The van der Waals surface area contributed by atoms with Gasteiger partial charge in [-0.1, -0.05) is 27.7 Å². The normalized spacial score (nSPS) is 11.2. The van der Waals surface area contributed by atoms with Crippen molar-refractivity contribution in [1.29, 1.82) is 0 Å². The molecule has 0 fully saturated rings. The number of anilines is 1. The summed E-state index contributed by atoms with van der Waals surface area (Å²) in [5, 5.41) is 7.21. The van der Waals surface area contributed by atoms with E-state index in [1.165, 1.54) is 4.68 Å². The molecule has 1 amide bonds. The Bertz CT molecular complexity index is 756. The molecule has 0 spiro atoms. The second-order valence-corrected chi connectivity index (χ2v) is 6.68. The fourth-order valence-electron chi connectivity index (χ4n) is 2.79. The lowest BCUT2D eigenvalue weighted by molar-refractivity contribution is -0.118. The lowest BCUT2D eigenvalue weighted by Crippen LogP contribution is -2.18. The van der Waals surface area contributed by atoms with Crippen LogP contribution >= 0.6 is 0 Å². The summed E-state index contributed by atoms with van der Waals surface area (Å²) in [6.07, 6.45) is 0. The maximum atomic E-state index is 12.7. The van der Waals surface area contributed by atoms with Crippen LogP contribution in [-0.4, -0.2) is 21.6 Å². The van der Waals surface area contributed by atoms with Crippen LogP contribution in [0.15, 0.2) is 24.3 Å². The topological polar surface area (TPSA) is 64.0 Å². The molecular formula is C19H25N3O2. The van der Waals surface area contributed by atoms with Gasteiger partial charge in [-0.25, -0.2) is 4.68 Å². The standard InChI is InChI=1S/C19H25N3O2/c1-11(2)17-13(5)21-22(14(17)6)19(24)15-7-9-16(10-8-15)20-18(23)12(3)4/h7-12H,1-6H3,(H,20,23). The molecule has 2 aromatic rings. The molecule has 5 heteroatoms. The van der Waals surface area contributed by atoms with E-state index < -0.39 is 0 Å². The molecule has 1 N–H and O–H groups in total. The molecule has 1 aromatic heterocycles. The quantitative estimate of drug-likeness (QED) is 0.926. The zero-order valence-electron chi connectivity index (χ0n) is 15.2. The highest BCUT2D eigenvalue weighted by molar-refractivity contribution is 5.97. The third-order valence-electron chi connectivity index (χ3n) is 4.04. The zero-order valence-corrected chi connectivity index (χ0v) is 15.2. The Morgan fingerprint density at radius 1 is 1.04 bits per heavy atom. The van der Waals surface area contributed by atoms with Crippen molar-refractivity contribution in [3.05, 3.63) is 46.8 Å². The largest absolute Gasteiger partial charge is 0.326 e. The molecule has 1 aromatic carbocycles. The van der Waals surface area contributed by atoms with Gasteiger partial charge in [-0.2, -0.15) is 5.10 Å². The van der Waals surface area contributed by atoms with Crippen molar-refractivity contribution in [2.75, 3.05) is 5.32 Å². The Morgan fingerprint density at radius 3 is 2.08 bits per heavy atom. The highest BCUT2D eigenvalue weighted by Crippen LogP contribution is 2.23. The number of benzene rings is 1. The van der Waals surface area contributed by atoms with Crippen molar-refractivity contribution in [2.24, 2.45) is 5.92 Å². The van der Waals surface area contributed by atoms with E-state index in [0.29, 0.717) is 17.2 Å². The number of aromatic nitrogens is 2. The van der Waals surface area contributed by atoms with Gasteiger partial charge in [-0.3, -0.25) is 9.59 Å². The number of carbonyl (C=O) groups excluding carboxylic acids is 2. The van der Waals surface area contributed by atoms with E-state index in [2.05, 4.69) is 24.3 Å². The maximum Gasteiger partial charge on any atom is 0.278 e. The van der Waals surface area contributed by atoms with Gasteiger partial charge in [0, 0.05) is 22.9 Å². The van der Waals surface area contributed by atoms with Gasteiger partial charge < -0.3 is 5.32 Å². The summed E-state index contributed by atoms with van der Waals surface area (Å²) in [5.41, 5.74) is 4.10. The van der Waals surface area contributed by atoms with Gasteiger partial charge in [-0.15, -0.1) is 0 Å². The van der Waals surface area contributed by atoms with Crippen LogP contribution in [0.25, 0.3) is 0 Å². The van der Waals surface area contributed by atoms with Crippen LogP contribution in [0, 0.1) is 19.8 Å². The first-order valence-electron chi connectivity index (χ1n) is 8.24. The summed E-state index contributed by atoms with van der Waals surface area (Å²) < 4.78 is 1.46. The summed E-state index contributed by atoms with van der Waals surface area (Å²) in [4.78, 5) is 24.4. The Hall–Kier alpha value is -2.43. The molecule has 0 aliphatic heterocycles. The monoisotopic (exact) mass is 327 g/mol. The Kier molecular flexibility index (Phi) is 5.22. The molecule has 128 valence electrons. The molecular weight excluding hydrogens is 302 g/mol. The second kappa shape index (κ2) is 6.99. The number of nitrogens with zero attached hydrogens (tertiary/aromatic N) is 2. The van der Waals surface area contributed by atoms with E-state index in [4.69, 9.17) is 0 Å². The minimum Gasteiger partial charge on any atom is -0.326 e. The molecule has 0 saturated heterocycles. The molecule has 0 saturated carbocycles. The van der Waals surface area contributed by atoms with Crippen LogP contribution in [0.5, 0.6) is 0 Å². The van der Waals surface area contributed by atoms with E-state index in [0.717, 1.165) is 17.0 Å². The molecule has 0 unspecified atom stereocenters. The highest BCUT2D eigenvalue weighted by Gasteiger charge is 2.19. The summed E-state index contributed by atoms with van der Waals surface area (Å²) in [6, 6.07) is 6.90. The first-order valence-corrected chi connectivity index (χ1v) is 8.24. The van der Waals surface area contributed by atoms with Crippen LogP contribution in [0.1, 0.15) is 60.9 Å². The molecule has 2 rings (SSSR count). The summed E-state index contributed by atoms with van der Waals surface area (Å²) in [5.74, 6) is 0.0223. The van der Waals surface area contributed by atoms with E-state index in [1.807, 2.05) is 27.7 Å². The van der Waals surface area contributed by atoms with Gasteiger partial charge in [-0.05, 0) is 49.6 Å². The van der Waals surface area contributed by atoms with E-state index in [1.54, 1.807) is 24.3 Å². The van der Waals surface area contributed by atoms with E-state index in [9.17, 15) is 9.59 Å². The third kappa shape index (κ3) is 3.55. The number of hydrogen-bond donors (Lipinski definition) is 1. The molecule has 0 aliphatic carbocycles. The smallest absolute Gasteiger partial charge is 0.278 e. The van der Waals surface area contributed by atoms with Gasteiger partial charge in [0.25, 0.3) is 5.91 Å². The first-order chi connectivity index (χ1) is 11.2. The average Bonchev–Trinajstić information content (AvgIpc) is 2.82. The Morgan fingerprint density at radius 2 is 1.62 bits per heavy atom. The minimum atomic E-state index is -0.163. The lowest BCUT2D eigenvalue weighted by Gasteiger charge is -2.09. The van der Waals surface area contributed by atoms with Crippen LogP contribution < -0.4 is 5.32 Å². The van der Waals surface area contributed by atoms with E-state index >= 15 is 0 Å². The van der Waals surface area contributed by atoms with Gasteiger partial charge in [0.1, 0.15) is 0 Å². The molecule has 0 radical (unpaired) electrons. The number of amides is 1. The minimum absolute atomic E-state index is 0.0470. The second-order valence-electron chi connectivity index (χ2n) is 6.68. The summed E-state index contributed by atoms with van der Waals surface area (Å²) in [7, 11) is 0. The van der Waals surface area contributed by atoms with Crippen molar-refractivity contribution in [1.82, 2.24) is 9.78 Å². The molecule has 0 atom stereocenters. The first kappa shape index (κ1) is 17.9. The number of aryl methyl sites for hydroxylation is 1. The van der Waals surface area contributed by atoms with Crippen molar-refractivity contribution in [3.8, 4) is 0 Å². The molecule has 1 heterocycles. The van der Waals surface area contributed by atoms with Crippen molar-refractivity contribution in [2.45, 2.75) is 47.5 Å². The fourth-order valence-corrected chi connectivity index (χ4v) is 2.79. The van der Waals surface area contributed by atoms with Crippen molar-refractivity contribution in [3.63, 3.8) is 0 Å². The Labute approximate surface area is 143 Å². The molecule has 24 heavy (non-hydrogen) atoms. The number of carbonyl (C=O) groups is 2. The maximum absolute atomic E-state index is 12.7. The summed E-state index contributed by atoms with van der Waals surface area (Å²) in [6.45, 7) is 11.7.